The number of hydrogen-bond donors (Lipinski definition) is 1. The lowest BCUT2D eigenvalue weighted by Crippen LogP contribution is -2.27. The summed E-state index contributed by atoms with van der Waals surface area (Å²) < 4.78 is 5.02. The van der Waals surface area contributed by atoms with Crippen LogP contribution in [-0.4, -0.2) is 34.6 Å². The highest BCUT2D eigenvalue weighted by atomic mass is 16.5. The van der Waals surface area contributed by atoms with Gasteiger partial charge in [0.1, 0.15) is 11.9 Å². The molecule has 0 saturated heterocycles. The lowest BCUT2D eigenvalue weighted by Gasteiger charge is -2.23. The molecule has 2 aromatic rings. The van der Waals surface area contributed by atoms with Crippen LogP contribution in [0.2, 0.25) is 0 Å². The smallest absolute Gasteiger partial charge is 0.293 e. The number of aliphatic hydroxyl groups excluding tert-OH is 1. The number of carbonyl (C=O) groups is 2. The van der Waals surface area contributed by atoms with Crippen molar-refractivity contribution >= 4 is 23.9 Å². The number of pyridine rings is 1. The maximum absolute atomic E-state index is 12.0. The summed E-state index contributed by atoms with van der Waals surface area (Å²) in [5.41, 5.74) is 6.57. The standard InChI is InChI=1S/C16H30O2.C13H15NO2.C8H8/c1-6-11-16(4,5)15(18)12-14(17)10-8-7-9-13(2)3;1-9-3-5-12(14-7-9)11-4-6-13(10(11)2)16-8-15;1-2-8-6-4-3-5-7-8/h14,17H,2,6-12H2,1,3-5H3;3,5,7-8,13H,4,6H2,1-2H3;2-7H,1H2. The van der Waals surface area contributed by atoms with Gasteiger partial charge in [0, 0.05) is 18.0 Å². The van der Waals surface area contributed by atoms with Crippen LogP contribution in [0.3, 0.4) is 0 Å². The van der Waals surface area contributed by atoms with Crippen molar-refractivity contribution in [2.75, 3.05) is 0 Å². The molecule has 5 nitrogen and oxygen atoms in total. The Morgan fingerprint density at radius 2 is 1.86 bits per heavy atom. The average Bonchev–Trinajstić information content (AvgIpc) is 3.32. The van der Waals surface area contributed by atoms with Gasteiger partial charge in [0.15, 0.2) is 0 Å². The average molecular weight is 576 g/mol. The summed E-state index contributed by atoms with van der Waals surface area (Å²) >= 11 is 0. The van der Waals surface area contributed by atoms with Crippen LogP contribution in [0.5, 0.6) is 0 Å². The summed E-state index contributed by atoms with van der Waals surface area (Å²) in [6, 6.07) is 14.1. The number of Topliss-reactive ketones (excluding diaryl/α,β-unsaturated/α-hetero) is 1. The number of ketones is 1. The molecule has 0 fully saturated rings. The van der Waals surface area contributed by atoms with E-state index in [1.807, 2.05) is 83.3 Å². The normalized spacial score (nSPS) is 15.0. The topological polar surface area (TPSA) is 76.5 Å². The number of rotatable bonds is 14. The van der Waals surface area contributed by atoms with Crippen LogP contribution in [0.4, 0.5) is 0 Å². The van der Waals surface area contributed by atoms with Crippen LogP contribution in [0.15, 0.2) is 73.0 Å². The zero-order valence-electron chi connectivity index (χ0n) is 26.8. The number of unbranched alkanes of at least 4 members (excludes halogenated alkanes) is 1. The number of carbonyl (C=O) groups excluding carboxylic acids is 2. The fraction of sp³-hybridized carbons (Fsp3) is 0.486. The second-order valence-electron chi connectivity index (χ2n) is 11.9. The Hall–Kier alpha value is -3.31. The molecule has 0 radical (unpaired) electrons. The van der Waals surface area contributed by atoms with Gasteiger partial charge in [-0.15, -0.1) is 6.58 Å². The molecule has 2 atom stereocenters. The molecule has 1 aliphatic carbocycles. The van der Waals surface area contributed by atoms with Crippen LogP contribution >= 0.6 is 0 Å². The minimum Gasteiger partial charge on any atom is -0.460 e. The van der Waals surface area contributed by atoms with E-state index >= 15 is 0 Å². The van der Waals surface area contributed by atoms with Gasteiger partial charge in [-0.25, -0.2) is 0 Å². The van der Waals surface area contributed by atoms with Crippen molar-refractivity contribution in [3.8, 4) is 0 Å². The zero-order chi connectivity index (χ0) is 31.5. The van der Waals surface area contributed by atoms with Crippen molar-refractivity contribution in [1.82, 2.24) is 4.98 Å². The Morgan fingerprint density at radius 1 is 1.17 bits per heavy atom. The van der Waals surface area contributed by atoms with Gasteiger partial charge in [-0.3, -0.25) is 14.6 Å². The maximum Gasteiger partial charge on any atom is 0.293 e. The quantitative estimate of drug-likeness (QED) is 0.138. The van der Waals surface area contributed by atoms with Crippen molar-refractivity contribution in [2.45, 2.75) is 112 Å². The molecule has 0 saturated carbocycles. The largest absolute Gasteiger partial charge is 0.460 e. The maximum atomic E-state index is 12.0. The first kappa shape index (κ1) is 36.7. The molecule has 1 N–H and O–H groups in total. The first-order chi connectivity index (χ1) is 19.9. The van der Waals surface area contributed by atoms with Gasteiger partial charge in [0.25, 0.3) is 6.47 Å². The van der Waals surface area contributed by atoms with E-state index < -0.39 is 6.10 Å². The van der Waals surface area contributed by atoms with Crippen LogP contribution in [0, 0.1) is 12.3 Å². The Balaban J connectivity index is 0.000000335. The summed E-state index contributed by atoms with van der Waals surface area (Å²) in [4.78, 5) is 26.8. The Bertz CT molecular complexity index is 1130. The molecule has 1 aliphatic rings. The van der Waals surface area contributed by atoms with Crippen LogP contribution in [0.25, 0.3) is 11.6 Å². The molecule has 2 unspecified atom stereocenters. The van der Waals surface area contributed by atoms with Crippen molar-refractivity contribution in [2.24, 2.45) is 5.41 Å². The molecule has 0 aliphatic heterocycles. The number of aryl methyl sites for hydroxylation is 1. The zero-order valence-corrected chi connectivity index (χ0v) is 26.8. The summed E-state index contributed by atoms with van der Waals surface area (Å²) in [6.45, 7) is 20.1. The molecule has 0 amide bonds. The number of benzene rings is 1. The molecule has 0 bridgehead atoms. The predicted molar refractivity (Wildman–Crippen MR) is 176 cm³/mol. The fourth-order valence-corrected chi connectivity index (χ4v) is 4.85. The molecule has 42 heavy (non-hydrogen) atoms. The van der Waals surface area contributed by atoms with Gasteiger partial charge in [-0.2, -0.15) is 0 Å². The Kier molecular flexibility index (Phi) is 17.3. The monoisotopic (exact) mass is 575 g/mol. The SMILES string of the molecule is C=C(C)CCCCC(O)CC(=O)C(C)(C)CCC.C=Cc1ccccc1.CC1=C(c2ccc(C)cn2)CCC1OC=O. The van der Waals surface area contributed by atoms with E-state index in [4.69, 9.17) is 4.74 Å². The third-order valence-corrected chi connectivity index (χ3v) is 7.53. The lowest BCUT2D eigenvalue weighted by molar-refractivity contribution is -0.132. The molecular formula is C37H53NO4. The Morgan fingerprint density at radius 3 is 2.38 bits per heavy atom. The van der Waals surface area contributed by atoms with Gasteiger partial charge in [-0.1, -0.05) is 88.2 Å². The second kappa shape index (κ2) is 19.7. The van der Waals surface area contributed by atoms with E-state index in [0.29, 0.717) is 12.9 Å². The highest BCUT2D eigenvalue weighted by Crippen LogP contribution is 2.34. The molecule has 3 rings (SSSR count). The molecule has 1 aromatic carbocycles. The molecule has 1 heterocycles. The van der Waals surface area contributed by atoms with E-state index in [1.54, 1.807) is 0 Å². The molecular weight excluding hydrogens is 522 g/mol. The van der Waals surface area contributed by atoms with Crippen LogP contribution < -0.4 is 0 Å². The van der Waals surface area contributed by atoms with Gasteiger partial charge in [0.2, 0.25) is 0 Å². The number of aliphatic hydroxyl groups is 1. The van der Waals surface area contributed by atoms with Crippen LogP contribution in [0.1, 0.15) is 109 Å². The third kappa shape index (κ3) is 14.0. The molecule has 230 valence electrons. The van der Waals surface area contributed by atoms with Crippen molar-refractivity contribution in [3.05, 3.63) is 89.8 Å². The highest BCUT2D eigenvalue weighted by Gasteiger charge is 2.27. The van der Waals surface area contributed by atoms with Gasteiger partial charge >= 0.3 is 0 Å². The fourth-order valence-electron chi connectivity index (χ4n) is 4.85. The van der Waals surface area contributed by atoms with Gasteiger partial charge < -0.3 is 9.84 Å². The summed E-state index contributed by atoms with van der Waals surface area (Å²) in [5.74, 6) is 0.191. The first-order valence-electron chi connectivity index (χ1n) is 15.2. The van der Waals surface area contributed by atoms with Crippen LogP contribution in [-0.2, 0) is 14.3 Å². The molecule has 5 heteroatoms. The number of ether oxygens (including phenoxy) is 1. The molecule has 1 aromatic heterocycles. The summed E-state index contributed by atoms with van der Waals surface area (Å²) in [7, 11) is 0. The van der Waals surface area contributed by atoms with E-state index in [0.717, 1.165) is 68.2 Å². The van der Waals surface area contributed by atoms with E-state index in [1.165, 1.54) is 16.7 Å². The minimum absolute atomic E-state index is 0.0596. The number of hydrogen-bond acceptors (Lipinski definition) is 5. The highest BCUT2D eigenvalue weighted by molar-refractivity contribution is 5.84. The number of nitrogens with zero attached hydrogens (tertiary/aromatic N) is 1. The van der Waals surface area contributed by atoms with Crippen molar-refractivity contribution in [3.63, 3.8) is 0 Å². The first-order valence-corrected chi connectivity index (χ1v) is 15.2. The number of allylic oxidation sites excluding steroid dienone is 2. The minimum atomic E-state index is -0.473. The third-order valence-electron chi connectivity index (χ3n) is 7.53. The summed E-state index contributed by atoms with van der Waals surface area (Å²) in [5, 5.41) is 9.87. The van der Waals surface area contributed by atoms with Gasteiger partial charge in [-0.05, 0) is 87.6 Å². The lowest BCUT2D eigenvalue weighted by atomic mass is 9.81. The van der Waals surface area contributed by atoms with E-state index in [-0.39, 0.29) is 17.3 Å². The van der Waals surface area contributed by atoms with Crippen molar-refractivity contribution < 1.29 is 19.4 Å². The number of aromatic nitrogens is 1. The Labute approximate surface area is 254 Å². The molecule has 0 spiro atoms. The predicted octanol–water partition coefficient (Wildman–Crippen LogP) is 9.10. The van der Waals surface area contributed by atoms with E-state index in [2.05, 4.69) is 31.1 Å². The second-order valence-corrected chi connectivity index (χ2v) is 11.9. The van der Waals surface area contributed by atoms with Gasteiger partial charge in [0.05, 0.1) is 11.8 Å². The van der Waals surface area contributed by atoms with Crippen molar-refractivity contribution in [1.29, 1.82) is 0 Å². The van der Waals surface area contributed by atoms with E-state index in [9.17, 15) is 14.7 Å². The summed E-state index contributed by atoms with van der Waals surface area (Å²) in [6.07, 6.45) is 10.9.